The first-order valence-electron chi connectivity index (χ1n) is 7.69. The van der Waals surface area contributed by atoms with Gasteiger partial charge in [0, 0.05) is 11.0 Å². The van der Waals surface area contributed by atoms with Crippen LogP contribution < -0.4 is 0 Å². The van der Waals surface area contributed by atoms with Crippen molar-refractivity contribution in [3.05, 3.63) is 45.7 Å². The summed E-state index contributed by atoms with van der Waals surface area (Å²) < 4.78 is 0.957. The minimum atomic E-state index is -1.14. The minimum Gasteiger partial charge on any atom is -0.476 e. The standard InChI is InChI=1S/C16H17BrN4O3/c1-9(10-4-6-11(17)7-5-10)15(22)21-8-2-3-12(21)13-14(16(23)24)19-20-18-13/h4-7,9,12H,2-3,8H2,1H3,(H,23,24)(H,18,19,20). The first-order valence-corrected chi connectivity index (χ1v) is 8.48. The molecule has 24 heavy (non-hydrogen) atoms. The van der Waals surface area contributed by atoms with Gasteiger partial charge in [-0.1, -0.05) is 28.1 Å². The van der Waals surface area contributed by atoms with Crippen LogP contribution in [0, 0.1) is 0 Å². The number of nitrogens with zero attached hydrogens (tertiary/aromatic N) is 3. The molecule has 2 atom stereocenters. The number of amides is 1. The van der Waals surface area contributed by atoms with Crippen LogP contribution >= 0.6 is 15.9 Å². The fraction of sp³-hybridized carbons (Fsp3) is 0.375. The Hall–Kier alpha value is -2.22. The number of carbonyl (C=O) groups is 2. The number of nitrogens with one attached hydrogen (secondary N) is 1. The fourth-order valence-corrected chi connectivity index (χ4v) is 3.35. The summed E-state index contributed by atoms with van der Waals surface area (Å²) in [5.41, 5.74) is 1.14. The van der Waals surface area contributed by atoms with E-state index in [2.05, 4.69) is 31.3 Å². The predicted molar refractivity (Wildman–Crippen MR) is 89.6 cm³/mol. The molecule has 1 aromatic heterocycles. The summed E-state index contributed by atoms with van der Waals surface area (Å²) in [4.78, 5) is 25.9. The molecule has 1 aliphatic heterocycles. The maximum Gasteiger partial charge on any atom is 0.358 e. The Morgan fingerprint density at radius 3 is 2.71 bits per heavy atom. The monoisotopic (exact) mass is 392 g/mol. The zero-order valence-electron chi connectivity index (χ0n) is 13.1. The number of aromatic nitrogens is 3. The van der Waals surface area contributed by atoms with Crippen LogP contribution in [-0.2, 0) is 4.79 Å². The van der Waals surface area contributed by atoms with Gasteiger partial charge in [0.05, 0.1) is 12.0 Å². The quantitative estimate of drug-likeness (QED) is 0.832. The minimum absolute atomic E-state index is 0.0286. The van der Waals surface area contributed by atoms with Crippen molar-refractivity contribution in [2.75, 3.05) is 6.54 Å². The molecule has 0 saturated carbocycles. The Bertz CT molecular complexity index is 759. The van der Waals surface area contributed by atoms with Gasteiger partial charge in [0.1, 0.15) is 5.69 Å². The lowest BCUT2D eigenvalue weighted by Crippen LogP contribution is -2.34. The maximum absolute atomic E-state index is 12.9. The zero-order chi connectivity index (χ0) is 17.3. The Kier molecular flexibility index (Phi) is 4.66. The van der Waals surface area contributed by atoms with Crippen molar-refractivity contribution in [3.63, 3.8) is 0 Å². The van der Waals surface area contributed by atoms with Crippen molar-refractivity contribution < 1.29 is 14.7 Å². The van der Waals surface area contributed by atoms with E-state index in [1.807, 2.05) is 31.2 Å². The van der Waals surface area contributed by atoms with Crippen LogP contribution in [0.15, 0.2) is 28.7 Å². The van der Waals surface area contributed by atoms with Gasteiger partial charge >= 0.3 is 5.97 Å². The lowest BCUT2D eigenvalue weighted by molar-refractivity contribution is -0.133. The van der Waals surface area contributed by atoms with Gasteiger partial charge in [-0.25, -0.2) is 4.79 Å². The summed E-state index contributed by atoms with van der Waals surface area (Å²) in [5, 5.41) is 19.2. The summed E-state index contributed by atoms with van der Waals surface area (Å²) in [6.45, 7) is 2.46. The van der Waals surface area contributed by atoms with Gasteiger partial charge in [-0.15, -0.1) is 5.10 Å². The third kappa shape index (κ3) is 3.06. The van der Waals surface area contributed by atoms with Crippen LogP contribution in [0.2, 0.25) is 0 Å². The Labute approximate surface area is 147 Å². The van der Waals surface area contributed by atoms with E-state index in [0.717, 1.165) is 16.5 Å². The van der Waals surface area contributed by atoms with E-state index in [9.17, 15) is 14.7 Å². The number of carboxylic acid groups (broad SMARTS) is 1. The largest absolute Gasteiger partial charge is 0.476 e. The molecule has 2 unspecified atom stereocenters. The summed E-state index contributed by atoms with van der Waals surface area (Å²) in [6, 6.07) is 7.29. The first-order chi connectivity index (χ1) is 11.5. The molecule has 1 fully saturated rings. The van der Waals surface area contributed by atoms with Crippen molar-refractivity contribution >= 4 is 27.8 Å². The van der Waals surface area contributed by atoms with Gasteiger partial charge in [-0.3, -0.25) is 4.79 Å². The normalized spacial score (nSPS) is 18.6. The van der Waals surface area contributed by atoms with Crippen molar-refractivity contribution in [3.8, 4) is 0 Å². The van der Waals surface area contributed by atoms with Crippen LogP contribution in [0.4, 0.5) is 0 Å². The summed E-state index contributed by atoms with van der Waals surface area (Å²) in [5.74, 6) is -1.47. The molecule has 3 rings (SSSR count). The first kappa shape index (κ1) is 16.6. The highest BCUT2D eigenvalue weighted by molar-refractivity contribution is 9.10. The Morgan fingerprint density at radius 2 is 2.04 bits per heavy atom. The smallest absolute Gasteiger partial charge is 0.358 e. The predicted octanol–water partition coefficient (Wildman–Crippen LogP) is 2.73. The number of carboxylic acids is 1. The van der Waals surface area contributed by atoms with Crippen LogP contribution in [0.25, 0.3) is 0 Å². The highest BCUT2D eigenvalue weighted by Crippen LogP contribution is 2.34. The molecule has 1 aromatic carbocycles. The molecule has 2 aromatic rings. The highest BCUT2D eigenvalue weighted by Gasteiger charge is 2.37. The lowest BCUT2D eigenvalue weighted by atomic mass is 9.99. The number of H-pyrrole nitrogens is 1. The number of hydrogen-bond acceptors (Lipinski definition) is 4. The second-order valence-corrected chi connectivity index (χ2v) is 6.74. The molecule has 0 spiro atoms. The van der Waals surface area contributed by atoms with Crippen molar-refractivity contribution in [1.82, 2.24) is 20.3 Å². The molecule has 0 aliphatic carbocycles. The molecule has 2 heterocycles. The van der Waals surface area contributed by atoms with Gasteiger partial charge in [0.15, 0.2) is 5.69 Å². The average Bonchev–Trinajstić information content (AvgIpc) is 3.22. The molecular formula is C16H17BrN4O3. The number of halogens is 1. The van der Waals surface area contributed by atoms with E-state index < -0.39 is 5.97 Å². The summed E-state index contributed by atoms with van der Waals surface area (Å²) in [7, 11) is 0. The fourth-order valence-electron chi connectivity index (χ4n) is 3.09. The zero-order valence-corrected chi connectivity index (χ0v) is 14.7. The number of aromatic amines is 1. The maximum atomic E-state index is 12.9. The lowest BCUT2D eigenvalue weighted by Gasteiger charge is -2.26. The van der Waals surface area contributed by atoms with Gasteiger partial charge < -0.3 is 10.0 Å². The van der Waals surface area contributed by atoms with E-state index in [0.29, 0.717) is 18.7 Å². The molecule has 7 nitrogen and oxygen atoms in total. The number of carbonyl (C=O) groups excluding carboxylic acids is 1. The van der Waals surface area contributed by atoms with Gasteiger partial charge in [-0.2, -0.15) is 10.3 Å². The van der Waals surface area contributed by atoms with Crippen molar-refractivity contribution in [1.29, 1.82) is 0 Å². The second kappa shape index (κ2) is 6.72. The van der Waals surface area contributed by atoms with E-state index in [-0.39, 0.29) is 23.6 Å². The van der Waals surface area contributed by atoms with Gasteiger partial charge in [0.2, 0.25) is 5.91 Å². The molecule has 8 heteroatoms. The van der Waals surface area contributed by atoms with E-state index in [1.165, 1.54) is 0 Å². The van der Waals surface area contributed by atoms with Crippen LogP contribution in [0.5, 0.6) is 0 Å². The number of rotatable bonds is 4. The molecule has 1 saturated heterocycles. The number of aromatic carboxylic acids is 1. The molecule has 0 radical (unpaired) electrons. The van der Waals surface area contributed by atoms with Crippen LogP contribution in [0.1, 0.15) is 53.5 Å². The molecular weight excluding hydrogens is 376 g/mol. The second-order valence-electron chi connectivity index (χ2n) is 5.83. The third-order valence-corrected chi connectivity index (χ3v) is 4.90. The Balaban J connectivity index is 1.84. The van der Waals surface area contributed by atoms with Crippen molar-refractivity contribution in [2.45, 2.75) is 31.7 Å². The molecule has 0 bridgehead atoms. The van der Waals surface area contributed by atoms with Crippen LogP contribution in [-0.4, -0.2) is 43.8 Å². The highest BCUT2D eigenvalue weighted by atomic mass is 79.9. The summed E-state index contributed by atoms with van der Waals surface area (Å²) in [6.07, 6.45) is 1.50. The Morgan fingerprint density at radius 1 is 1.33 bits per heavy atom. The van der Waals surface area contributed by atoms with Crippen LogP contribution in [0.3, 0.4) is 0 Å². The van der Waals surface area contributed by atoms with E-state index in [4.69, 9.17) is 0 Å². The van der Waals surface area contributed by atoms with Gasteiger partial charge in [-0.05, 0) is 37.5 Å². The molecule has 2 N–H and O–H groups in total. The third-order valence-electron chi connectivity index (χ3n) is 4.37. The van der Waals surface area contributed by atoms with Crippen molar-refractivity contribution in [2.24, 2.45) is 0 Å². The molecule has 1 amide bonds. The van der Waals surface area contributed by atoms with E-state index in [1.54, 1.807) is 4.90 Å². The summed E-state index contributed by atoms with van der Waals surface area (Å²) >= 11 is 3.39. The SMILES string of the molecule is CC(C(=O)N1CCCC1c1n[nH]nc1C(=O)O)c1ccc(Br)cc1. The number of hydrogen-bond donors (Lipinski definition) is 2. The van der Waals surface area contributed by atoms with E-state index >= 15 is 0 Å². The number of benzene rings is 1. The average molecular weight is 393 g/mol. The number of likely N-dealkylation sites (tertiary alicyclic amines) is 1. The molecule has 1 aliphatic rings. The topological polar surface area (TPSA) is 99.2 Å². The van der Waals surface area contributed by atoms with Gasteiger partial charge in [0.25, 0.3) is 0 Å². The molecule has 126 valence electrons.